The lowest BCUT2D eigenvalue weighted by Crippen LogP contribution is -2.45. The summed E-state index contributed by atoms with van der Waals surface area (Å²) >= 11 is 6.93. The predicted octanol–water partition coefficient (Wildman–Crippen LogP) is 4.15. The zero-order valence-corrected chi connectivity index (χ0v) is 13.6. The molecular formula is C14H17Br2NO. The van der Waals surface area contributed by atoms with Crippen LogP contribution in [0.15, 0.2) is 22.7 Å². The molecule has 1 aliphatic rings. The monoisotopic (exact) mass is 373 g/mol. The number of carbonyl (C=O) groups is 1. The molecule has 2 rings (SSSR count). The molecule has 1 fully saturated rings. The molecule has 18 heavy (non-hydrogen) atoms. The molecule has 0 aliphatic heterocycles. The van der Waals surface area contributed by atoms with E-state index in [9.17, 15) is 4.79 Å². The average Bonchev–Trinajstić information content (AvgIpc) is 2.25. The van der Waals surface area contributed by atoms with E-state index in [4.69, 9.17) is 0 Å². The standard InChI is InChI=1S/C14H17Br2NO/c1-10-5-6-12(13(16)9-10)14(18)17(8-7-15)11-3-2-4-11/h5-6,9,11H,2-4,7-8H2,1H3. The maximum atomic E-state index is 12.6. The highest BCUT2D eigenvalue weighted by molar-refractivity contribution is 9.10. The van der Waals surface area contributed by atoms with E-state index in [0.29, 0.717) is 6.04 Å². The molecule has 98 valence electrons. The van der Waals surface area contributed by atoms with Gasteiger partial charge in [-0.2, -0.15) is 0 Å². The molecule has 1 amide bonds. The minimum absolute atomic E-state index is 0.144. The van der Waals surface area contributed by atoms with Crippen molar-refractivity contribution in [3.8, 4) is 0 Å². The fraction of sp³-hybridized carbons (Fsp3) is 0.500. The highest BCUT2D eigenvalue weighted by atomic mass is 79.9. The van der Waals surface area contributed by atoms with Gasteiger partial charge in [-0.1, -0.05) is 22.0 Å². The minimum atomic E-state index is 0.144. The van der Waals surface area contributed by atoms with Gasteiger partial charge in [0.1, 0.15) is 0 Å². The number of benzene rings is 1. The van der Waals surface area contributed by atoms with Gasteiger partial charge in [0.2, 0.25) is 0 Å². The first kappa shape index (κ1) is 14.1. The van der Waals surface area contributed by atoms with Crippen LogP contribution in [0, 0.1) is 6.92 Å². The summed E-state index contributed by atoms with van der Waals surface area (Å²) in [6.07, 6.45) is 3.52. The number of carbonyl (C=O) groups excluding carboxylic acids is 1. The van der Waals surface area contributed by atoms with Crippen LogP contribution in [0.1, 0.15) is 35.2 Å². The van der Waals surface area contributed by atoms with Crippen molar-refractivity contribution < 1.29 is 4.79 Å². The van der Waals surface area contributed by atoms with Crippen LogP contribution in [0.25, 0.3) is 0 Å². The third-order valence-corrected chi connectivity index (χ3v) is 4.47. The molecular weight excluding hydrogens is 358 g/mol. The SMILES string of the molecule is Cc1ccc(C(=O)N(CCBr)C2CCC2)c(Br)c1. The largest absolute Gasteiger partial charge is 0.335 e. The zero-order chi connectivity index (χ0) is 13.1. The van der Waals surface area contributed by atoms with Gasteiger partial charge in [-0.05, 0) is 59.8 Å². The summed E-state index contributed by atoms with van der Waals surface area (Å²) < 4.78 is 0.895. The van der Waals surface area contributed by atoms with Crippen molar-refractivity contribution in [3.63, 3.8) is 0 Å². The molecule has 0 bridgehead atoms. The number of nitrogens with zero attached hydrogens (tertiary/aromatic N) is 1. The quantitative estimate of drug-likeness (QED) is 0.725. The first-order valence-corrected chi connectivity index (χ1v) is 8.18. The van der Waals surface area contributed by atoms with Crippen molar-refractivity contribution in [3.05, 3.63) is 33.8 Å². The first-order chi connectivity index (χ1) is 8.63. The maximum Gasteiger partial charge on any atom is 0.255 e. The second kappa shape index (κ2) is 6.20. The van der Waals surface area contributed by atoms with Crippen LogP contribution in [0.4, 0.5) is 0 Å². The second-order valence-corrected chi connectivity index (χ2v) is 6.40. The number of amides is 1. The summed E-state index contributed by atoms with van der Waals surface area (Å²) in [7, 11) is 0. The Kier molecular flexibility index (Phi) is 4.84. The molecule has 1 aliphatic carbocycles. The first-order valence-electron chi connectivity index (χ1n) is 6.26. The summed E-state index contributed by atoms with van der Waals surface area (Å²) in [6, 6.07) is 6.34. The van der Waals surface area contributed by atoms with E-state index in [1.54, 1.807) is 0 Å². The van der Waals surface area contributed by atoms with Crippen molar-refractivity contribution in [2.75, 3.05) is 11.9 Å². The number of rotatable bonds is 4. The predicted molar refractivity (Wildman–Crippen MR) is 81.3 cm³/mol. The topological polar surface area (TPSA) is 20.3 Å². The third kappa shape index (κ3) is 2.97. The van der Waals surface area contributed by atoms with E-state index in [-0.39, 0.29) is 5.91 Å². The summed E-state index contributed by atoms with van der Waals surface area (Å²) in [6.45, 7) is 2.81. The van der Waals surface area contributed by atoms with Crippen LogP contribution < -0.4 is 0 Å². The van der Waals surface area contributed by atoms with Gasteiger partial charge in [-0.15, -0.1) is 0 Å². The van der Waals surface area contributed by atoms with Gasteiger partial charge in [0.05, 0.1) is 5.56 Å². The van der Waals surface area contributed by atoms with Gasteiger partial charge in [0.15, 0.2) is 0 Å². The van der Waals surface area contributed by atoms with Crippen molar-refractivity contribution in [2.24, 2.45) is 0 Å². The normalized spacial score (nSPS) is 15.3. The summed E-state index contributed by atoms with van der Waals surface area (Å²) in [4.78, 5) is 14.6. The molecule has 0 spiro atoms. The summed E-state index contributed by atoms with van der Waals surface area (Å²) in [5.74, 6) is 0.144. The van der Waals surface area contributed by atoms with Crippen molar-refractivity contribution in [1.82, 2.24) is 4.90 Å². The van der Waals surface area contributed by atoms with Crippen LogP contribution in [0.5, 0.6) is 0 Å². The van der Waals surface area contributed by atoms with E-state index in [1.165, 1.54) is 6.42 Å². The highest BCUT2D eigenvalue weighted by Crippen LogP contribution is 2.28. The number of alkyl halides is 1. The summed E-state index contributed by atoms with van der Waals surface area (Å²) in [5.41, 5.74) is 1.93. The van der Waals surface area contributed by atoms with E-state index in [1.807, 2.05) is 30.0 Å². The number of aryl methyl sites for hydroxylation is 1. The van der Waals surface area contributed by atoms with Gasteiger partial charge in [0, 0.05) is 22.4 Å². The van der Waals surface area contributed by atoms with Gasteiger partial charge in [-0.3, -0.25) is 4.79 Å². The minimum Gasteiger partial charge on any atom is -0.335 e. The van der Waals surface area contributed by atoms with Crippen LogP contribution in [0.2, 0.25) is 0 Å². The van der Waals surface area contributed by atoms with Crippen molar-refractivity contribution in [2.45, 2.75) is 32.2 Å². The Labute approximate surface area is 125 Å². The van der Waals surface area contributed by atoms with Gasteiger partial charge < -0.3 is 4.90 Å². The summed E-state index contributed by atoms with van der Waals surface area (Å²) in [5, 5.41) is 0.832. The fourth-order valence-electron chi connectivity index (χ4n) is 2.19. The van der Waals surface area contributed by atoms with E-state index < -0.39 is 0 Å². The van der Waals surface area contributed by atoms with Gasteiger partial charge in [0.25, 0.3) is 5.91 Å². The Morgan fingerprint density at radius 2 is 2.17 bits per heavy atom. The Bertz CT molecular complexity index is 443. The van der Waals surface area contributed by atoms with Crippen molar-refractivity contribution in [1.29, 1.82) is 0 Å². The molecule has 0 heterocycles. The lowest BCUT2D eigenvalue weighted by Gasteiger charge is -2.37. The lowest BCUT2D eigenvalue weighted by molar-refractivity contribution is 0.0598. The fourth-order valence-corrected chi connectivity index (χ4v) is 3.23. The van der Waals surface area contributed by atoms with Gasteiger partial charge in [-0.25, -0.2) is 0 Å². The van der Waals surface area contributed by atoms with Crippen LogP contribution in [0.3, 0.4) is 0 Å². The van der Waals surface area contributed by atoms with Crippen LogP contribution in [-0.2, 0) is 0 Å². The molecule has 2 nitrogen and oxygen atoms in total. The second-order valence-electron chi connectivity index (χ2n) is 4.76. The third-order valence-electron chi connectivity index (χ3n) is 3.46. The molecule has 0 atom stereocenters. The van der Waals surface area contributed by atoms with Crippen LogP contribution in [-0.4, -0.2) is 28.7 Å². The molecule has 1 saturated carbocycles. The zero-order valence-electron chi connectivity index (χ0n) is 10.5. The average molecular weight is 375 g/mol. The molecule has 0 unspecified atom stereocenters. The lowest BCUT2D eigenvalue weighted by atomic mass is 9.91. The van der Waals surface area contributed by atoms with E-state index in [2.05, 4.69) is 31.9 Å². The highest BCUT2D eigenvalue weighted by Gasteiger charge is 2.29. The van der Waals surface area contributed by atoms with Crippen LogP contribution >= 0.6 is 31.9 Å². The molecule has 0 aromatic heterocycles. The van der Waals surface area contributed by atoms with Crippen molar-refractivity contribution >= 4 is 37.8 Å². The number of hydrogen-bond acceptors (Lipinski definition) is 1. The molecule has 0 radical (unpaired) electrons. The van der Waals surface area contributed by atoms with Gasteiger partial charge >= 0.3 is 0 Å². The Morgan fingerprint density at radius 1 is 1.44 bits per heavy atom. The number of halogens is 2. The smallest absolute Gasteiger partial charge is 0.255 e. The number of hydrogen-bond donors (Lipinski definition) is 0. The molecule has 1 aromatic rings. The molecule has 4 heteroatoms. The maximum absolute atomic E-state index is 12.6. The van der Waals surface area contributed by atoms with E-state index in [0.717, 1.165) is 40.3 Å². The molecule has 1 aromatic carbocycles. The Hall–Kier alpha value is -0.350. The Morgan fingerprint density at radius 3 is 2.67 bits per heavy atom. The Balaban J connectivity index is 2.21. The molecule has 0 N–H and O–H groups in total. The molecule has 0 saturated heterocycles. The van der Waals surface area contributed by atoms with E-state index >= 15 is 0 Å².